The topological polar surface area (TPSA) is 12.0 Å². The Morgan fingerprint density at radius 2 is 2.22 bits per heavy atom. The van der Waals surface area contributed by atoms with Crippen LogP contribution >= 0.6 is 0 Å². The van der Waals surface area contributed by atoms with Crippen LogP contribution in [-0.2, 0) is 0 Å². The van der Waals surface area contributed by atoms with E-state index in [4.69, 9.17) is 0 Å². The quantitative estimate of drug-likeness (QED) is 0.337. The maximum absolute atomic E-state index is 3.24. The summed E-state index contributed by atoms with van der Waals surface area (Å²) in [7, 11) is 2.03. The molecule has 0 aromatic rings. The molecule has 0 fully saturated rings. The molecule has 0 aliphatic heterocycles. The van der Waals surface area contributed by atoms with Crippen molar-refractivity contribution < 1.29 is 21.2 Å². The van der Waals surface area contributed by atoms with E-state index < -0.39 is 0 Å². The summed E-state index contributed by atoms with van der Waals surface area (Å²) in [5.74, 6) is 0. The summed E-state index contributed by atoms with van der Waals surface area (Å²) >= 11 is 0.542. The standard InChI is InChI=1S/C7H17IN/c1-7(9-3)5-4-6-8-2/h7,9H,4-6H2,1-3H3/q-1. The third-order valence-electron chi connectivity index (χ3n) is 1.45. The minimum atomic E-state index is 0.542. The Kier molecular flexibility index (Phi) is 7.33. The molecule has 0 rings (SSSR count). The predicted molar refractivity (Wildman–Crippen MR) is 38.5 cm³/mol. The van der Waals surface area contributed by atoms with Gasteiger partial charge in [0.1, 0.15) is 0 Å². The fourth-order valence-corrected chi connectivity index (χ4v) is 1.86. The van der Waals surface area contributed by atoms with E-state index in [2.05, 4.69) is 17.2 Å². The van der Waals surface area contributed by atoms with E-state index in [0.717, 1.165) is 6.04 Å². The molecule has 0 bridgehead atoms. The van der Waals surface area contributed by atoms with Gasteiger partial charge in [0.25, 0.3) is 0 Å². The normalized spacial score (nSPS) is 14.1. The van der Waals surface area contributed by atoms with E-state index >= 15 is 0 Å². The summed E-state index contributed by atoms with van der Waals surface area (Å²) in [6.07, 6.45) is 2.77. The number of rotatable bonds is 5. The van der Waals surface area contributed by atoms with E-state index in [9.17, 15) is 0 Å². The third kappa shape index (κ3) is 6.58. The molecular weight excluding hydrogens is 225 g/mol. The molecule has 1 nitrogen and oxygen atoms in total. The molecule has 0 saturated heterocycles. The first-order valence-electron chi connectivity index (χ1n) is 3.42. The van der Waals surface area contributed by atoms with Crippen LogP contribution in [-0.4, -0.2) is 22.4 Å². The Bertz CT molecular complexity index is 56.9. The monoisotopic (exact) mass is 242 g/mol. The molecule has 9 heavy (non-hydrogen) atoms. The van der Waals surface area contributed by atoms with Gasteiger partial charge >= 0.3 is 68.7 Å². The van der Waals surface area contributed by atoms with Gasteiger partial charge in [0.05, 0.1) is 0 Å². The Morgan fingerprint density at radius 1 is 1.56 bits per heavy atom. The van der Waals surface area contributed by atoms with Crippen molar-refractivity contribution in [2.75, 3.05) is 16.4 Å². The van der Waals surface area contributed by atoms with Crippen molar-refractivity contribution in [2.45, 2.75) is 25.8 Å². The van der Waals surface area contributed by atoms with E-state index in [0.29, 0.717) is 21.2 Å². The first-order chi connectivity index (χ1) is 4.31. The Hall–Kier alpha value is 0.690. The average molecular weight is 242 g/mol. The molecule has 0 aliphatic rings. The zero-order valence-corrected chi connectivity index (χ0v) is 8.73. The molecule has 0 heterocycles. The molecule has 58 valence electrons. The molecule has 0 aromatic heterocycles. The van der Waals surface area contributed by atoms with Crippen LogP contribution in [0.4, 0.5) is 0 Å². The summed E-state index contributed by atoms with van der Waals surface area (Å²) < 4.78 is 1.49. The molecule has 0 aliphatic carbocycles. The number of hydrogen-bond acceptors (Lipinski definition) is 1. The van der Waals surface area contributed by atoms with Gasteiger partial charge in [0.2, 0.25) is 0 Å². The second kappa shape index (κ2) is 6.81. The number of nitrogens with one attached hydrogen (secondary N) is 1. The van der Waals surface area contributed by atoms with Crippen LogP contribution < -0.4 is 26.5 Å². The van der Waals surface area contributed by atoms with Crippen LogP contribution in [0.3, 0.4) is 0 Å². The summed E-state index contributed by atoms with van der Waals surface area (Å²) in [6, 6.07) is 0.723. The van der Waals surface area contributed by atoms with Crippen molar-refractivity contribution in [3.8, 4) is 0 Å². The molecule has 1 N–H and O–H groups in total. The second-order valence-corrected chi connectivity index (χ2v) is 4.89. The molecular formula is C7H17IN-. The van der Waals surface area contributed by atoms with Crippen LogP contribution in [0.15, 0.2) is 0 Å². The van der Waals surface area contributed by atoms with Gasteiger partial charge in [-0.3, -0.25) is 0 Å². The summed E-state index contributed by atoms with van der Waals surface area (Å²) in [5, 5.41) is 3.24. The van der Waals surface area contributed by atoms with Crippen LogP contribution in [0.25, 0.3) is 0 Å². The molecule has 0 spiro atoms. The Morgan fingerprint density at radius 3 is 2.67 bits per heavy atom. The van der Waals surface area contributed by atoms with Gasteiger partial charge in [0.15, 0.2) is 0 Å². The van der Waals surface area contributed by atoms with Crippen LogP contribution in [0.2, 0.25) is 0 Å². The van der Waals surface area contributed by atoms with Crippen molar-refractivity contribution >= 4 is 0 Å². The molecule has 0 amide bonds. The molecule has 1 unspecified atom stereocenters. The molecule has 1 atom stereocenters. The van der Waals surface area contributed by atoms with Crippen molar-refractivity contribution in [2.24, 2.45) is 0 Å². The second-order valence-electron chi connectivity index (χ2n) is 2.29. The maximum atomic E-state index is 3.24. The van der Waals surface area contributed by atoms with Crippen molar-refractivity contribution in [1.82, 2.24) is 5.32 Å². The van der Waals surface area contributed by atoms with Gasteiger partial charge in [-0.1, -0.05) is 0 Å². The van der Waals surface area contributed by atoms with Gasteiger partial charge < -0.3 is 0 Å². The molecule has 2 heteroatoms. The van der Waals surface area contributed by atoms with E-state index in [1.807, 2.05) is 7.05 Å². The SMILES string of the molecule is CNC(C)CCC[I-]C. The van der Waals surface area contributed by atoms with Crippen molar-refractivity contribution in [3.63, 3.8) is 0 Å². The van der Waals surface area contributed by atoms with Gasteiger partial charge in [-0.2, -0.15) is 0 Å². The fraction of sp³-hybridized carbons (Fsp3) is 1.00. The average Bonchev–Trinajstić information content (AvgIpc) is 1.89. The van der Waals surface area contributed by atoms with Gasteiger partial charge in [-0.25, -0.2) is 0 Å². The Balaban J connectivity index is 2.88. The zero-order valence-electron chi connectivity index (χ0n) is 6.58. The first-order valence-corrected chi connectivity index (χ1v) is 7.10. The van der Waals surface area contributed by atoms with Crippen LogP contribution in [0.5, 0.6) is 0 Å². The van der Waals surface area contributed by atoms with Gasteiger partial charge in [-0.15, -0.1) is 0 Å². The van der Waals surface area contributed by atoms with Crippen LogP contribution in [0.1, 0.15) is 19.8 Å². The third-order valence-corrected chi connectivity index (χ3v) is 3.29. The predicted octanol–water partition coefficient (Wildman–Crippen LogP) is -1.91. The fourth-order valence-electron chi connectivity index (χ4n) is 0.661. The first kappa shape index (κ1) is 9.69. The summed E-state index contributed by atoms with van der Waals surface area (Å²) in [4.78, 5) is 2.35. The zero-order chi connectivity index (χ0) is 7.11. The minimum absolute atomic E-state index is 0.542. The van der Waals surface area contributed by atoms with E-state index in [1.165, 1.54) is 17.3 Å². The molecule has 0 aromatic carbocycles. The van der Waals surface area contributed by atoms with E-state index in [1.54, 1.807) is 0 Å². The van der Waals surface area contributed by atoms with E-state index in [-0.39, 0.29) is 0 Å². The van der Waals surface area contributed by atoms with Crippen molar-refractivity contribution in [3.05, 3.63) is 0 Å². The summed E-state index contributed by atoms with van der Waals surface area (Å²) in [6.45, 7) is 2.24. The number of alkyl halides is 2. The number of hydrogen-bond donors (Lipinski definition) is 1. The number of halogens is 1. The van der Waals surface area contributed by atoms with Gasteiger partial charge in [-0.05, 0) is 0 Å². The van der Waals surface area contributed by atoms with Gasteiger partial charge in [0, 0.05) is 0 Å². The Labute approximate surface area is 68.9 Å². The summed E-state index contributed by atoms with van der Waals surface area (Å²) in [5.41, 5.74) is 0. The van der Waals surface area contributed by atoms with Crippen LogP contribution in [0, 0.1) is 0 Å². The molecule has 0 radical (unpaired) electrons. The molecule has 0 saturated carbocycles. The van der Waals surface area contributed by atoms with Crippen molar-refractivity contribution in [1.29, 1.82) is 0 Å².